The predicted octanol–water partition coefficient (Wildman–Crippen LogP) is 2.30. The van der Waals surface area contributed by atoms with Crippen LogP contribution in [-0.4, -0.2) is 45.2 Å². The van der Waals surface area contributed by atoms with Gasteiger partial charge in [0, 0.05) is 37.5 Å². The molecule has 1 aliphatic carbocycles. The second-order valence-electron chi connectivity index (χ2n) is 8.57. The molecule has 0 spiro atoms. The highest BCUT2D eigenvalue weighted by atomic mass is 16.2. The SMILES string of the molecule is CC(C)(C(=O)N1CCC(c2nnc3n2CCNC3)CC1)C1CCCC1. The van der Waals surface area contributed by atoms with E-state index in [4.69, 9.17) is 0 Å². The van der Waals surface area contributed by atoms with Crippen molar-refractivity contribution in [3.63, 3.8) is 0 Å². The summed E-state index contributed by atoms with van der Waals surface area (Å²) in [5.41, 5.74) is -0.205. The molecule has 2 fully saturated rings. The number of carbonyl (C=O) groups excluding carboxylic acids is 1. The Hall–Kier alpha value is -1.43. The van der Waals surface area contributed by atoms with E-state index in [0.717, 1.165) is 57.2 Å². The van der Waals surface area contributed by atoms with Crippen LogP contribution in [0.1, 0.15) is 69.9 Å². The Morgan fingerprint density at radius 3 is 2.52 bits per heavy atom. The highest BCUT2D eigenvalue weighted by molar-refractivity contribution is 5.82. The lowest BCUT2D eigenvalue weighted by Gasteiger charge is -2.39. The molecular formula is C19H31N5O. The van der Waals surface area contributed by atoms with E-state index in [1.54, 1.807) is 0 Å². The molecule has 3 aliphatic rings. The summed E-state index contributed by atoms with van der Waals surface area (Å²) in [5.74, 6) is 3.57. The summed E-state index contributed by atoms with van der Waals surface area (Å²) in [6.07, 6.45) is 7.03. The number of carbonyl (C=O) groups is 1. The van der Waals surface area contributed by atoms with Crippen LogP contribution in [0.5, 0.6) is 0 Å². The number of fused-ring (bicyclic) bond motifs is 1. The minimum Gasteiger partial charge on any atom is -0.342 e. The molecule has 6 nitrogen and oxygen atoms in total. The first-order valence-corrected chi connectivity index (χ1v) is 9.99. The molecule has 138 valence electrons. The van der Waals surface area contributed by atoms with Gasteiger partial charge >= 0.3 is 0 Å². The second kappa shape index (κ2) is 6.71. The minimum absolute atomic E-state index is 0.205. The van der Waals surface area contributed by atoms with E-state index in [-0.39, 0.29) is 5.41 Å². The van der Waals surface area contributed by atoms with Crippen LogP contribution in [0, 0.1) is 11.3 Å². The summed E-state index contributed by atoms with van der Waals surface area (Å²) in [5, 5.41) is 12.2. The Balaban J connectivity index is 1.40. The molecule has 0 bridgehead atoms. The van der Waals surface area contributed by atoms with E-state index in [1.165, 1.54) is 25.7 Å². The van der Waals surface area contributed by atoms with Crippen LogP contribution in [-0.2, 0) is 17.9 Å². The molecule has 0 unspecified atom stereocenters. The van der Waals surface area contributed by atoms with Crippen molar-refractivity contribution >= 4 is 5.91 Å². The van der Waals surface area contributed by atoms with Gasteiger partial charge in [0.05, 0.1) is 6.54 Å². The van der Waals surface area contributed by atoms with Crippen LogP contribution in [0.25, 0.3) is 0 Å². The van der Waals surface area contributed by atoms with Gasteiger partial charge in [-0.25, -0.2) is 0 Å². The van der Waals surface area contributed by atoms with Crippen molar-refractivity contribution in [3.8, 4) is 0 Å². The van der Waals surface area contributed by atoms with E-state index in [2.05, 4.69) is 38.8 Å². The van der Waals surface area contributed by atoms with Crippen LogP contribution in [0.3, 0.4) is 0 Å². The van der Waals surface area contributed by atoms with Gasteiger partial charge in [0.2, 0.25) is 5.91 Å². The smallest absolute Gasteiger partial charge is 0.228 e. The number of piperidine rings is 1. The number of nitrogens with one attached hydrogen (secondary N) is 1. The Morgan fingerprint density at radius 2 is 1.80 bits per heavy atom. The molecule has 1 saturated heterocycles. The van der Waals surface area contributed by atoms with Crippen molar-refractivity contribution in [2.75, 3.05) is 19.6 Å². The standard InChI is InChI=1S/C19H31N5O/c1-19(2,15-5-3-4-6-15)18(25)23-10-7-14(8-11-23)17-22-21-16-13-20-9-12-24(16)17/h14-15,20H,3-13H2,1-2H3. The third kappa shape index (κ3) is 3.09. The van der Waals surface area contributed by atoms with Gasteiger partial charge in [-0.05, 0) is 31.6 Å². The molecule has 2 aliphatic heterocycles. The first-order valence-electron chi connectivity index (χ1n) is 9.99. The number of amides is 1. The summed E-state index contributed by atoms with van der Waals surface area (Å²) >= 11 is 0. The Morgan fingerprint density at radius 1 is 1.08 bits per heavy atom. The van der Waals surface area contributed by atoms with Gasteiger partial charge in [-0.1, -0.05) is 26.7 Å². The number of hydrogen-bond acceptors (Lipinski definition) is 4. The topological polar surface area (TPSA) is 63.1 Å². The Labute approximate surface area is 150 Å². The molecule has 0 atom stereocenters. The molecule has 6 heteroatoms. The highest BCUT2D eigenvalue weighted by Gasteiger charge is 2.41. The van der Waals surface area contributed by atoms with Crippen LogP contribution in [0.2, 0.25) is 0 Å². The van der Waals surface area contributed by atoms with Gasteiger partial charge in [-0.2, -0.15) is 0 Å². The summed E-state index contributed by atoms with van der Waals surface area (Å²) in [6, 6.07) is 0. The van der Waals surface area contributed by atoms with E-state index >= 15 is 0 Å². The molecule has 3 heterocycles. The van der Waals surface area contributed by atoms with Gasteiger partial charge < -0.3 is 14.8 Å². The minimum atomic E-state index is -0.205. The highest BCUT2D eigenvalue weighted by Crippen LogP contribution is 2.41. The van der Waals surface area contributed by atoms with Crippen molar-refractivity contribution in [2.45, 2.75) is 71.4 Å². The zero-order chi connectivity index (χ0) is 17.4. The molecule has 4 rings (SSSR count). The normalized spacial score (nSPS) is 23.0. The van der Waals surface area contributed by atoms with Crippen molar-refractivity contribution < 1.29 is 4.79 Å². The lowest BCUT2D eigenvalue weighted by Crippen LogP contribution is -2.47. The number of aromatic nitrogens is 3. The summed E-state index contributed by atoms with van der Waals surface area (Å²) in [7, 11) is 0. The summed E-state index contributed by atoms with van der Waals surface area (Å²) in [4.78, 5) is 15.2. The maximum absolute atomic E-state index is 13.1. The van der Waals surface area contributed by atoms with Crippen LogP contribution >= 0.6 is 0 Å². The first-order chi connectivity index (χ1) is 12.1. The van der Waals surface area contributed by atoms with Crippen molar-refractivity contribution in [1.82, 2.24) is 25.0 Å². The van der Waals surface area contributed by atoms with Gasteiger partial charge in [-0.15, -0.1) is 10.2 Å². The van der Waals surface area contributed by atoms with E-state index in [1.807, 2.05) is 0 Å². The lowest BCUT2D eigenvalue weighted by atomic mass is 9.76. The number of hydrogen-bond donors (Lipinski definition) is 1. The van der Waals surface area contributed by atoms with Crippen molar-refractivity contribution in [3.05, 3.63) is 11.6 Å². The number of rotatable bonds is 3. The average Bonchev–Trinajstić information content (AvgIpc) is 3.31. The molecule has 1 N–H and O–H groups in total. The van der Waals surface area contributed by atoms with E-state index < -0.39 is 0 Å². The maximum Gasteiger partial charge on any atom is 0.228 e. The largest absolute Gasteiger partial charge is 0.342 e. The fourth-order valence-electron chi connectivity index (χ4n) is 4.99. The van der Waals surface area contributed by atoms with Crippen molar-refractivity contribution in [2.24, 2.45) is 11.3 Å². The van der Waals surface area contributed by atoms with Crippen molar-refractivity contribution in [1.29, 1.82) is 0 Å². The molecule has 1 aromatic rings. The van der Waals surface area contributed by atoms with Gasteiger partial charge in [0.15, 0.2) is 0 Å². The maximum atomic E-state index is 13.1. The van der Waals surface area contributed by atoms with Gasteiger partial charge in [-0.3, -0.25) is 4.79 Å². The predicted molar refractivity (Wildman–Crippen MR) is 96.0 cm³/mol. The molecule has 0 radical (unpaired) electrons. The molecule has 1 saturated carbocycles. The number of likely N-dealkylation sites (tertiary alicyclic amines) is 1. The zero-order valence-electron chi connectivity index (χ0n) is 15.6. The quantitative estimate of drug-likeness (QED) is 0.913. The lowest BCUT2D eigenvalue weighted by molar-refractivity contribution is -0.144. The zero-order valence-corrected chi connectivity index (χ0v) is 15.6. The van der Waals surface area contributed by atoms with Crippen LogP contribution in [0.15, 0.2) is 0 Å². The fraction of sp³-hybridized carbons (Fsp3) is 0.842. The number of nitrogens with zero attached hydrogens (tertiary/aromatic N) is 4. The second-order valence-corrected chi connectivity index (χ2v) is 8.57. The summed E-state index contributed by atoms with van der Waals surface area (Å²) in [6.45, 7) is 8.83. The average molecular weight is 345 g/mol. The first kappa shape index (κ1) is 17.0. The third-order valence-corrected chi connectivity index (χ3v) is 6.73. The van der Waals surface area contributed by atoms with E-state index in [0.29, 0.717) is 17.7 Å². The van der Waals surface area contributed by atoms with Gasteiger partial charge in [0.1, 0.15) is 11.6 Å². The fourth-order valence-corrected chi connectivity index (χ4v) is 4.99. The molecular weight excluding hydrogens is 314 g/mol. The molecule has 25 heavy (non-hydrogen) atoms. The Kier molecular flexibility index (Phi) is 4.56. The van der Waals surface area contributed by atoms with E-state index in [9.17, 15) is 4.79 Å². The molecule has 0 aromatic carbocycles. The molecule has 1 amide bonds. The summed E-state index contributed by atoms with van der Waals surface area (Å²) < 4.78 is 2.29. The Bertz CT molecular complexity index is 624. The monoisotopic (exact) mass is 345 g/mol. The van der Waals surface area contributed by atoms with Gasteiger partial charge in [0.25, 0.3) is 0 Å². The van der Waals surface area contributed by atoms with Crippen LogP contribution in [0.4, 0.5) is 0 Å². The van der Waals surface area contributed by atoms with Crippen LogP contribution < -0.4 is 5.32 Å². The molecule has 1 aromatic heterocycles. The third-order valence-electron chi connectivity index (χ3n) is 6.73.